The molecule has 0 bridgehead atoms. The number of nitrogens with zero attached hydrogens (tertiary/aromatic N) is 3. The van der Waals surface area contributed by atoms with E-state index in [9.17, 15) is 10.5 Å². The van der Waals surface area contributed by atoms with Crippen LogP contribution in [0.25, 0.3) is 78.6 Å². The standard InChI is InChI=1S/C45H29N3.C2H6/c1-22-14-26-17-33-28(21-47)19-36-42(39(33)32(26)15-22)43-38-30-11-5-4-10-25(30)16-34(38)41(37-23(2)8-6-9-24(37)3)44-40-31-13-7-12-29(31)27(20-46)18-35(40)48(36)45(43)44;1-2/h4-6,8-13,17-19,22,32H,14-16H2,1-3H3;1-2H3. The first-order valence-electron chi connectivity index (χ1n) is 18.0. The van der Waals surface area contributed by atoms with Gasteiger partial charge < -0.3 is 4.40 Å². The van der Waals surface area contributed by atoms with Crippen molar-refractivity contribution >= 4 is 56.3 Å². The van der Waals surface area contributed by atoms with E-state index < -0.39 is 0 Å². The molecule has 0 N–H and O–H groups in total. The number of nitriles is 2. The number of allylic oxidation sites excluding steroid dienone is 1. The Balaban J connectivity index is 0.00000156. The van der Waals surface area contributed by atoms with Crippen molar-refractivity contribution < 1.29 is 0 Å². The number of benzene rings is 5. The highest BCUT2D eigenvalue weighted by atomic mass is 14.9. The predicted octanol–water partition coefficient (Wildman–Crippen LogP) is 12.0. The molecule has 3 nitrogen and oxygen atoms in total. The molecule has 2 heterocycles. The minimum absolute atomic E-state index is 0.333. The van der Waals surface area contributed by atoms with Crippen LogP contribution in [0.1, 0.15) is 95.2 Å². The summed E-state index contributed by atoms with van der Waals surface area (Å²) in [6.07, 6.45) is 9.46. The maximum atomic E-state index is 10.6. The maximum Gasteiger partial charge on any atom is 0.0999 e. The fraction of sp³-hybridized carbons (Fsp3) is 0.213. The Morgan fingerprint density at radius 2 is 1.44 bits per heavy atom. The van der Waals surface area contributed by atoms with E-state index in [0.717, 1.165) is 52.5 Å². The van der Waals surface area contributed by atoms with Crippen molar-refractivity contribution in [1.29, 1.82) is 10.5 Å². The molecule has 11 rings (SSSR count). The predicted molar refractivity (Wildman–Crippen MR) is 207 cm³/mol. The molecule has 0 amide bonds. The van der Waals surface area contributed by atoms with Crippen LogP contribution in [0.2, 0.25) is 0 Å². The van der Waals surface area contributed by atoms with Crippen molar-refractivity contribution in [3.8, 4) is 34.4 Å². The quantitative estimate of drug-likeness (QED) is 0.167. The van der Waals surface area contributed by atoms with Crippen LogP contribution in [-0.2, 0) is 6.42 Å². The van der Waals surface area contributed by atoms with E-state index in [2.05, 4.69) is 110 Å². The smallest absolute Gasteiger partial charge is 0.0999 e. The topological polar surface area (TPSA) is 52.0 Å². The molecule has 50 heavy (non-hydrogen) atoms. The number of rotatable bonds is 1. The van der Waals surface area contributed by atoms with E-state index in [1.165, 1.54) is 82.7 Å². The Bertz CT molecular complexity index is 2880. The van der Waals surface area contributed by atoms with Crippen molar-refractivity contribution in [2.24, 2.45) is 5.92 Å². The molecule has 0 aliphatic heterocycles. The zero-order valence-electron chi connectivity index (χ0n) is 29.0. The Kier molecular flexibility index (Phi) is 5.87. The van der Waals surface area contributed by atoms with Gasteiger partial charge in [0, 0.05) is 38.6 Å². The molecule has 1 saturated carbocycles. The Labute approximate surface area is 292 Å². The number of hydrogen-bond donors (Lipinski definition) is 0. The molecule has 4 aliphatic carbocycles. The average Bonchev–Trinajstić information content (AvgIpc) is 3.96. The van der Waals surface area contributed by atoms with Crippen LogP contribution in [0.3, 0.4) is 0 Å². The molecule has 2 atom stereocenters. The molecule has 3 heteroatoms. The van der Waals surface area contributed by atoms with Crippen LogP contribution in [0.15, 0.2) is 65.9 Å². The summed E-state index contributed by atoms with van der Waals surface area (Å²) in [5, 5.41) is 26.1. The van der Waals surface area contributed by atoms with Gasteiger partial charge in [-0.15, -0.1) is 5.73 Å². The number of fused-ring (bicyclic) bond motifs is 16. The molecule has 1 fully saturated rings. The molecule has 238 valence electrons. The number of aryl methyl sites for hydroxylation is 2. The SMILES string of the molecule is CC.Cc1cccc(C)c1-c1c2c(c3c4c5c(c(C#N)cc4n4c6cc(C#N)c7c(c6c1c34)C=C=C7)C=C1CC(C)CC15)-c1ccccc1C2. The van der Waals surface area contributed by atoms with Crippen molar-refractivity contribution in [2.45, 2.75) is 59.8 Å². The van der Waals surface area contributed by atoms with Crippen molar-refractivity contribution in [3.05, 3.63) is 122 Å². The van der Waals surface area contributed by atoms with Crippen LogP contribution in [0, 0.1) is 42.4 Å². The molecule has 4 aliphatic rings. The molecule has 0 spiro atoms. The van der Waals surface area contributed by atoms with E-state index in [1.807, 2.05) is 19.9 Å². The lowest BCUT2D eigenvalue weighted by atomic mass is 9.82. The van der Waals surface area contributed by atoms with Gasteiger partial charge in [-0.25, -0.2) is 0 Å². The van der Waals surface area contributed by atoms with Gasteiger partial charge in [-0.3, -0.25) is 0 Å². The summed E-state index contributed by atoms with van der Waals surface area (Å²) in [7, 11) is 0. The third-order valence-corrected chi connectivity index (χ3v) is 12.0. The molecule has 0 saturated heterocycles. The first-order valence-corrected chi connectivity index (χ1v) is 18.0. The third-order valence-electron chi connectivity index (χ3n) is 12.0. The average molecular weight is 642 g/mol. The molecule has 5 aromatic carbocycles. The lowest BCUT2D eigenvalue weighted by molar-refractivity contribution is 0.597. The van der Waals surface area contributed by atoms with Crippen LogP contribution < -0.4 is 0 Å². The van der Waals surface area contributed by atoms with Crippen molar-refractivity contribution in [1.82, 2.24) is 4.40 Å². The maximum absolute atomic E-state index is 10.6. The van der Waals surface area contributed by atoms with Gasteiger partial charge in [-0.05, 0) is 119 Å². The summed E-state index contributed by atoms with van der Waals surface area (Å²) in [4.78, 5) is 0. The van der Waals surface area contributed by atoms with Gasteiger partial charge in [0.25, 0.3) is 0 Å². The monoisotopic (exact) mass is 641 g/mol. The highest BCUT2D eigenvalue weighted by Crippen LogP contribution is 2.59. The normalized spacial score (nSPS) is 17.5. The van der Waals surface area contributed by atoms with Gasteiger partial charge in [-0.1, -0.05) is 74.9 Å². The van der Waals surface area contributed by atoms with E-state index in [-0.39, 0.29) is 0 Å². The van der Waals surface area contributed by atoms with Gasteiger partial charge in [0.1, 0.15) is 0 Å². The molecule has 2 unspecified atom stereocenters. The van der Waals surface area contributed by atoms with Gasteiger partial charge in [0.15, 0.2) is 0 Å². The molecular weight excluding hydrogens is 607 g/mol. The van der Waals surface area contributed by atoms with Gasteiger partial charge in [-0.2, -0.15) is 10.5 Å². The lowest BCUT2D eigenvalue weighted by Gasteiger charge is -2.19. The summed E-state index contributed by atoms with van der Waals surface area (Å²) in [6.45, 7) is 10.8. The van der Waals surface area contributed by atoms with E-state index in [1.54, 1.807) is 0 Å². The molecule has 0 radical (unpaired) electrons. The fourth-order valence-electron chi connectivity index (χ4n) is 10.3. The highest BCUT2D eigenvalue weighted by molar-refractivity contribution is 6.34. The van der Waals surface area contributed by atoms with Gasteiger partial charge in [0.2, 0.25) is 0 Å². The van der Waals surface area contributed by atoms with Gasteiger partial charge in [0.05, 0.1) is 39.8 Å². The zero-order valence-corrected chi connectivity index (χ0v) is 29.0. The van der Waals surface area contributed by atoms with Crippen LogP contribution >= 0.6 is 0 Å². The summed E-state index contributed by atoms with van der Waals surface area (Å²) >= 11 is 0. The Hall–Kier alpha value is -5.86. The second-order valence-electron chi connectivity index (χ2n) is 14.6. The zero-order chi connectivity index (χ0) is 34.2. The minimum atomic E-state index is 0.333. The minimum Gasteiger partial charge on any atom is -0.308 e. The number of hydrogen-bond acceptors (Lipinski definition) is 2. The number of aromatic nitrogens is 1. The van der Waals surface area contributed by atoms with Gasteiger partial charge >= 0.3 is 0 Å². The fourth-order valence-corrected chi connectivity index (χ4v) is 10.3. The summed E-state index contributed by atoms with van der Waals surface area (Å²) in [5.74, 6) is 0.953. The van der Waals surface area contributed by atoms with Crippen LogP contribution in [-0.4, -0.2) is 4.40 Å². The van der Waals surface area contributed by atoms with Crippen molar-refractivity contribution in [2.75, 3.05) is 0 Å². The Morgan fingerprint density at radius 3 is 2.20 bits per heavy atom. The summed E-state index contributed by atoms with van der Waals surface area (Å²) in [5.41, 5.74) is 24.6. The largest absolute Gasteiger partial charge is 0.308 e. The third kappa shape index (κ3) is 3.39. The summed E-state index contributed by atoms with van der Waals surface area (Å²) < 4.78 is 2.43. The van der Waals surface area contributed by atoms with Crippen LogP contribution in [0.5, 0.6) is 0 Å². The lowest BCUT2D eigenvalue weighted by Crippen LogP contribution is -1.99. The highest BCUT2D eigenvalue weighted by Gasteiger charge is 2.40. The molecule has 2 aromatic heterocycles. The van der Waals surface area contributed by atoms with E-state index in [4.69, 9.17) is 0 Å². The molecular formula is C47H35N3. The summed E-state index contributed by atoms with van der Waals surface area (Å²) in [6, 6.07) is 25.0. The van der Waals surface area contributed by atoms with E-state index >= 15 is 0 Å². The second-order valence-corrected chi connectivity index (χ2v) is 14.6. The first-order chi connectivity index (χ1) is 24.5. The Morgan fingerprint density at radius 1 is 0.760 bits per heavy atom. The second kappa shape index (κ2) is 10.1. The first kappa shape index (κ1) is 29.1. The molecule has 7 aromatic rings. The van der Waals surface area contributed by atoms with E-state index in [0.29, 0.717) is 17.4 Å². The van der Waals surface area contributed by atoms with Crippen molar-refractivity contribution in [3.63, 3.8) is 0 Å². The van der Waals surface area contributed by atoms with Crippen LogP contribution in [0.4, 0.5) is 0 Å².